The molecule has 2 N–H and O–H groups in total. The number of ether oxygens (including phenoxy) is 1. The molecule has 5 nitrogen and oxygen atoms in total. The molecule has 0 spiro atoms. The van der Waals surface area contributed by atoms with Crippen LogP contribution in [-0.2, 0) is 6.54 Å². The molecule has 0 bridgehead atoms. The average Bonchev–Trinajstić information content (AvgIpc) is 2.80. The molecule has 1 saturated heterocycles. The predicted octanol–water partition coefficient (Wildman–Crippen LogP) is 3.78. The summed E-state index contributed by atoms with van der Waals surface area (Å²) in [5.74, 6) is 0.347. The van der Waals surface area contributed by atoms with Gasteiger partial charge in [-0.1, -0.05) is 48.5 Å². The Bertz CT molecular complexity index is 1010. The Labute approximate surface area is 177 Å². The molecule has 0 unspecified atom stereocenters. The lowest BCUT2D eigenvalue weighted by Gasteiger charge is -2.36. The lowest BCUT2D eigenvalue weighted by molar-refractivity contribution is 0.100. The van der Waals surface area contributed by atoms with Gasteiger partial charge >= 0.3 is 0 Å². The van der Waals surface area contributed by atoms with Crippen molar-refractivity contribution in [1.29, 1.82) is 0 Å². The van der Waals surface area contributed by atoms with Crippen LogP contribution in [0.5, 0.6) is 5.75 Å². The van der Waals surface area contributed by atoms with Crippen molar-refractivity contribution >= 4 is 11.6 Å². The zero-order valence-corrected chi connectivity index (χ0v) is 17.3. The number of piperazine rings is 1. The molecule has 0 aromatic heterocycles. The first kappa shape index (κ1) is 20.0. The number of nitrogens with two attached hydrogens (primary N) is 1. The quantitative estimate of drug-likeness (QED) is 0.683. The van der Waals surface area contributed by atoms with Gasteiger partial charge < -0.3 is 15.4 Å². The van der Waals surface area contributed by atoms with Gasteiger partial charge in [0.25, 0.3) is 0 Å². The normalized spacial score (nSPS) is 14.5. The van der Waals surface area contributed by atoms with Crippen LogP contribution in [0.4, 0.5) is 5.69 Å². The highest BCUT2D eigenvalue weighted by Gasteiger charge is 2.21. The fourth-order valence-corrected chi connectivity index (χ4v) is 3.98. The van der Waals surface area contributed by atoms with Crippen molar-refractivity contribution in [2.75, 3.05) is 38.2 Å². The van der Waals surface area contributed by atoms with E-state index < -0.39 is 5.91 Å². The predicted molar refractivity (Wildman–Crippen MR) is 121 cm³/mol. The Morgan fingerprint density at radius 1 is 0.900 bits per heavy atom. The Kier molecular flexibility index (Phi) is 6.00. The number of nitrogens with zero attached hydrogens (tertiary/aromatic N) is 2. The molecule has 0 aliphatic carbocycles. The van der Waals surface area contributed by atoms with E-state index in [-0.39, 0.29) is 0 Å². The van der Waals surface area contributed by atoms with Crippen LogP contribution >= 0.6 is 0 Å². The monoisotopic (exact) mass is 401 g/mol. The van der Waals surface area contributed by atoms with Crippen molar-refractivity contribution in [2.45, 2.75) is 6.54 Å². The van der Waals surface area contributed by atoms with Crippen LogP contribution in [0.3, 0.4) is 0 Å². The molecule has 4 rings (SSSR count). The molecule has 1 aliphatic rings. The first-order valence-electron chi connectivity index (χ1n) is 10.2. The maximum atomic E-state index is 11.6. The minimum absolute atomic E-state index is 0.421. The van der Waals surface area contributed by atoms with Gasteiger partial charge in [0.1, 0.15) is 5.75 Å². The van der Waals surface area contributed by atoms with Gasteiger partial charge in [-0.05, 0) is 41.0 Å². The largest absolute Gasteiger partial charge is 0.495 e. The molecule has 3 aromatic rings. The van der Waals surface area contributed by atoms with E-state index >= 15 is 0 Å². The topological polar surface area (TPSA) is 58.8 Å². The Hall–Kier alpha value is -3.31. The van der Waals surface area contributed by atoms with Crippen LogP contribution in [0.1, 0.15) is 15.9 Å². The van der Waals surface area contributed by atoms with Crippen molar-refractivity contribution in [3.63, 3.8) is 0 Å². The molecule has 5 heteroatoms. The molecule has 30 heavy (non-hydrogen) atoms. The van der Waals surface area contributed by atoms with Crippen LogP contribution in [0.15, 0.2) is 72.8 Å². The number of methoxy groups -OCH3 is 1. The number of rotatable bonds is 6. The van der Waals surface area contributed by atoms with E-state index in [0.29, 0.717) is 5.56 Å². The molecule has 3 aromatic carbocycles. The summed E-state index contributed by atoms with van der Waals surface area (Å²) in [6.45, 7) is 4.56. The number of benzene rings is 3. The third-order valence-electron chi connectivity index (χ3n) is 5.62. The average molecular weight is 402 g/mol. The second kappa shape index (κ2) is 9.01. The van der Waals surface area contributed by atoms with Crippen molar-refractivity contribution in [3.8, 4) is 16.9 Å². The molecular weight excluding hydrogens is 374 g/mol. The summed E-state index contributed by atoms with van der Waals surface area (Å²) >= 11 is 0. The second-order valence-electron chi connectivity index (χ2n) is 7.58. The van der Waals surface area contributed by atoms with E-state index in [9.17, 15) is 4.79 Å². The van der Waals surface area contributed by atoms with Gasteiger partial charge in [0.2, 0.25) is 5.91 Å². The van der Waals surface area contributed by atoms with Gasteiger partial charge in [-0.15, -0.1) is 0 Å². The van der Waals surface area contributed by atoms with Crippen LogP contribution in [-0.4, -0.2) is 44.1 Å². The standard InChI is InChI=1S/C25H27N3O2/c1-30-24-11-10-22(25(26)29)17-23(24)28-14-12-27(13-15-28)18-19-6-5-9-21(16-19)20-7-3-2-4-8-20/h2-11,16-17H,12-15,18H2,1H3,(H2,26,29). The highest BCUT2D eigenvalue weighted by molar-refractivity contribution is 5.94. The van der Waals surface area contributed by atoms with Gasteiger partial charge in [-0.25, -0.2) is 0 Å². The zero-order valence-electron chi connectivity index (χ0n) is 17.3. The molecular formula is C25H27N3O2. The highest BCUT2D eigenvalue weighted by atomic mass is 16.5. The highest BCUT2D eigenvalue weighted by Crippen LogP contribution is 2.30. The Morgan fingerprint density at radius 2 is 1.63 bits per heavy atom. The van der Waals surface area contributed by atoms with Crippen LogP contribution in [0.2, 0.25) is 0 Å². The molecule has 1 aliphatic heterocycles. The van der Waals surface area contributed by atoms with Gasteiger partial charge in [0.05, 0.1) is 12.8 Å². The number of carbonyl (C=O) groups excluding carboxylic acids is 1. The number of carbonyl (C=O) groups is 1. The summed E-state index contributed by atoms with van der Waals surface area (Å²) in [7, 11) is 1.65. The first-order valence-corrected chi connectivity index (χ1v) is 10.2. The molecule has 0 atom stereocenters. The van der Waals surface area contributed by atoms with Gasteiger partial charge in [-0.3, -0.25) is 9.69 Å². The van der Waals surface area contributed by atoms with Crippen molar-refractivity contribution in [1.82, 2.24) is 4.90 Å². The van der Waals surface area contributed by atoms with Gasteiger partial charge in [0.15, 0.2) is 0 Å². The molecule has 0 radical (unpaired) electrons. The van der Waals surface area contributed by atoms with Gasteiger partial charge in [-0.2, -0.15) is 0 Å². The van der Waals surface area contributed by atoms with E-state index in [0.717, 1.165) is 44.2 Å². The van der Waals surface area contributed by atoms with Crippen molar-refractivity contribution in [3.05, 3.63) is 83.9 Å². The smallest absolute Gasteiger partial charge is 0.248 e. The molecule has 1 amide bonds. The summed E-state index contributed by atoms with van der Waals surface area (Å²) in [6.07, 6.45) is 0. The van der Waals surface area contributed by atoms with Crippen molar-refractivity contribution in [2.24, 2.45) is 5.73 Å². The lowest BCUT2D eigenvalue weighted by atomic mass is 10.0. The van der Waals surface area contributed by atoms with Crippen LogP contribution < -0.4 is 15.4 Å². The zero-order chi connectivity index (χ0) is 20.9. The third-order valence-corrected chi connectivity index (χ3v) is 5.62. The number of primary amides is 1. The van der Waals surface area contributed by atoms with E-state index in [1.54, 1.807) is 13.2 Å². The number of hydrogen-bond donors (Lipinski definition) is 1. The molecule has 1 heterocycles. The van der Waals surface area contributed by atoms with E-state index in [4.69, 9.17) is 10.5 Å². The fourth-order valence-electron chi connectivity index (χ4n) is 3.98. The minimum Gasteiger partial charge on any atom is -0.495 e. The van der Waals surface area contributed by atoms with Crippen molar-refractivity contribution < 1.29 is 9.53 Å². The number of amides is 1. The third kappa shape index (κ3) is 4.47. The lowest BCUT2D eigenvalue weighted by Crippen LogP contribution is -2.46. The molecule has 0 saturated carbocycles. The van der Waals surface area contributed by atoms with E-state index in [1.165, 1.54) is 16.7 Å². The summed E-state index contributed by atoms with van der Waals surface area (Å²) in [6, 6.07) is 24.6. The summed E-state index contributed by atoms with van der Waals surface area (Å²) in [4.78, 5) is 16.3. The summed E-state index contributed by atoms with van der Waals surface area (Å²) in [5.41, 5.74) is 10.7. The molecule has 1 fully saturated rings. The fraction of sp³-hybridized carbons (Fsp3) is 0.240. The SMILES string of the molecule is COc1ccc(C(N)=O)cc1N1CCN(Cc2cccc(-c3ccccc3)c2)CC1. The maximum absolute atomic E-state index is 11.6. The Morgan fingerprint density at radius 3 is 2.33 bits per heavy atom. The van der Waals surface area contributed by atoms with Crippen LogP contribution in [0.25, 0.3) is 11.1 Å². The maximum Gasteiger partial charge on any atom is 0.248 e. The van der Waals surface area contributed by atoms with Gasteiger partial charge in [0, 0.05) is 38.3 Å². The molecule has 154 valence electrons. The Balaban J connectivity index is 1.42. The minimum atomic E-state index is -0.421. The first-order chi connectivity index (χ1) is 14.6. The second-order valence-corrected chi connectivity index (χ2v) is 7.58. The summed E-state index contributed by atoms with van der Waals surface area (Å²) in [5, 5.41) is 0. The van der Waals surface area contributed by atoms with E-state index in [2.05, 4.69) is 58.3 Å². The summed E-state index contributed by atoms with van der Waals surface area (Å²) < 4.78 is 5.50. The number of anilines is 1. The van der Waals surface area contributed by atoms with E-state index in [1.807, 2.05) is 18.2 Å². The number of hydrogen-bond acceptors (Lipinski definition) is 4. The van der Waals surface area contributed by atoms with Crippen LogP contribution in [0, 0.1) is 0 Å².